The van der Waals surface area contributed by atoms with Crippen molar-refractivity contribution in [2.24, 2.45) is 0 Å². The van der Waals surface area contributed by atoms with Crippen LogP contribution in [0, 0.1) is 0 Å². The molecule has 7 nitrogen and oxygen atoms in total. The first-order valence-corrected chi connectivity index (χ1v) is 9.13. The molecular formula is C13H22N2O5S. The molecule has 1 unspecified atom stereocenters. The van der Waals surface area contributed by atoms with Gasteiger partial charge in [-0.2, -0.15) is 0 Å². The Morgan fingerprint density at radius 3 is 2.33 bits per heavy atom. The Hall–Kier alpha value is -1.15. The van der Waals surface area contributed by atoms with Crippen LogP contribution in [-0.2, 0) is 19.4 Å². The molecule has 2 aliphatic rings. The number of hydrogen-bond donors (Lipinski definition) is 1. The van der Waals surface area contributed by atoms with Gasteiger partial charge in [0.1, 0.15) is 0 Å². The second kappa shape index (κ2) is 6.74. The lowest BCUT2D eigenvalue weighted by Gasteiger charge is -2.31. The molecule has 0 spiro atoms. The summed E-state index contributed by atoms with van der Waals surface area (Å²) < 4.78 is 23.1. The maximum atomic E-state index is 12.2. The molecule has 2 heterocycles. The van der Waals surface area contributed by atoms with Crippen molar-refractivity contribution in [3.63, 3.8) is 0 Å². The molecule has 0 bridgehead atoms. The van der Waals surface area contributed by atoms with Crippen LogP contribution in [0.25, 0.3) is 0 Å². The molecule has 0 aromatic rings. The van der Waals surface area contributed by atoms with E-state index in [2.05, 4.69) is 0 Å². The number of carbonyl (C=O) groups is 2. The third-order valence-corrected chi connectivity index (χ3v) is 5.86. The highest BCUT2D eigenvalue weighted by molar-refractivity contribution is 7.91. The van der Waals surface area contributed by atoms with Gasteiger partial charge in [0.15, 0.2) is 9.84 Å². The van der Waals surface area contributed by atoms with E-state index in [1.807, 2.05) is 0 Å². The van der Waals surface area contributed by atoms with Crippen molar-refractivity contribution >= 4 is 21.7 Å². The van der Waals surface area contributed by atoms with Crippen molar-refractivity contribution in [2.75, 3.05) is 37.7 Å². The average Bonchev–Trinajstić information content (AvgIpc) is 2.79. The lowest BCUT2D eigenvalue weighted by atomic mass is 10.1. The standard InChI is InChI=1S/C13H22N2O5S/c16-12(14-5-2-1-3-6-14)8-15(9-13(17)18)11-4-7-21(19,20)10-11/h11H,1-10H2,(H,17,18). The zero-order valence-corrected chi connectivity index (χ0v) is 12.8. The number of amides is 1. The van der Waals surface area contributed by atoms with Crippen LogP contribution >= 0.6 is 0 Å². The van der Waals surface area contributed by atoms with Crippen molar-refractivity contribution in [1.29, 1.82) is 0 Å². The number of aliphatic carboxylic acids is 1. The molecule has 0 aliphatic carbocycles. The Labute approximate surface area is 124 Å². The van der Waals surface area contributed by atoms with E-state index in [1.165, 1.54) is 4.90 Å². The van der Waals surface area contributed by atoms with Gasteiger partial charge in [-0.05, 0) is 25.7 Å². The fourth-order valence-corrected chi connectivity index (χ4v) is 4.73. The van der Waals surface area contributed by atoms with Gasteiger partial charge in [0.2, 0.25) is 5.91 Å². The third kappa shape index (κ3) is 4.67. The van der Waals surface area contributed by atoms with Crippen molar-refractivity contribution in [2.45, 2.75) is 31.7 Å². The highest BCUT2D eigenvalue weighted by atomic mass is 32.2. The Morgan fingerprint density at radius 1 is 1.14 bits per heavy atom. The van der Waals surface area contributed by atoms with Crippen LogP contribution in [0.5, 0.6) is 0 Å². The van der Waals surface area contributed by atoms with Gasteiger partial charge in [0, 0.05) is 19.1 Å². The number of rotatable bonds is 5. The molecule has 2 aliphatic heterocycles. The van der Waals surface area contributed by atoms with Gasteiger partial charge in [-0.25, -0.2) is 8.42 Å². The highest BCUT2D eigenvalue weighted by Crippen LogP contribution is 2.18. The predicted molar refractivity (Wildman–Crippen MR) is 76.7 cm³/mol. The van der Waals surface area contributed by atoms with Gasteiger partial charge in [0.05, 0.1) is 24.6 Å². The number of sulfone groups is 1. The van der Waals surface area contributed by atoms with E-state index >= 15 is 0 Å². The van der Waals surface area contributed by atoms with E-state index in [0.29, 0.717) is 19.5 Å². The summed E-state index contributed by atoms with van der Waals surface area (Å²) in [6.45, 7) is 1.12. The maximum Gasteiger partial charge on any atom is 0.317 e. The molecular weight excluding hydrogens is 296 g/mol. The smallest absolute Gasteiger partial charge is 0.317 e. The zero-order valence-electron chi connectivity index (χ0n) is 12.0. The summed E-state index contributed by atoms with van der Waals surface area (Å²) in [7, 11) is -3.10. The first-order chi connectivity index (χ1) is 9.87. The van der Waals surface area contributed by atoms with Crippen LogP contribution in [0.3, 0.4) is 0 Å². The fourth-order valence-electron chi connectivity index (χ4n) is 2.97. The molecule has 0 aromatic heterocycles. The molecule has 21 heavy (non-hydrogen) atoms. The van der Waals surface area contributed by atoms with Crippen molar-refractivity contribution in [3.05, 3.63) is 0 Å². The fraction of sp³-hybridized carbons (Fsp3) is 0.846. The Balaban J connectivity index is 1.99. The minimum Gasteiger partial charge on any atom is -0.480 e. The quantitative estimate of drug-likeness (QED) is 0.739. The summed E-state index contributed by atoms with van der Waals surface area (Å²) in [5.74, 6) is -1.11. The van der Waals surface area contributed by atoms with Gasteiger partial charge < -0.3 is 10.0 Å². The molecule has 0 saturated carbocycles. The predicted octanol–water partition coefficient (Wildman–Crippen LogP) is -0.427. The van der Waals surface area contributed by atoms with Crippen molar-refractivity contribution in [3.8, 4) is 0 Å². The Morgan fingerprint density at radius 2 is 1.81 bits per heavy atom. The van der Waals surface area contributed by atoms with Crippen LogP contribution < -0.4 is 0 Å². The van der Waals surface area contributed by atoms with Crippen LogP contribution in [-0.4, -0.2) is 78.9 Å². The lowest BCUT2D eigenvalue weighted by Crippen LogP contribution is -2.48. The van der Waals surface area contributed by atoms with Crippen LogP contribution in [0.4, 0.5) is 0 Å². The van der Waals surface area contributed by atoms with E-state index in [-0.39, 0.29) is 36.5 Å². The second-order valence-electron chi connectivity index (χ2n) is 5.80. The molecule has 2 rings (SSSR count). The topological polar surface area (TPSA) is 95.0 Å². The second-order valence-corrected chi connectivity index (χ2v) is 8.03. The van der Waals surface area contributed by atoms with Gasteiger partial charge in [-0.1, -0.05) is 0 Å². The maximum absolute atomic E-state index is 12.2. The normalized spacial score (nSPS) is 25.2. The summed E-state index contributed by atoms with van der Waals surface area (Å²) >= 11 is 0. The minimum atomic E-state index is -3.10. The molecule has 1 amide bonds. The average molecular weight is 318 g/mol. The number of hydrogen-bond acceptors (Lipinski definition) is 5. The van der Waals surface area contributed by atoms with E-state index in [9.17, 15) is 18.0 Å². The first-order valence-electron chi connectivity index (χ1n) is 7.31. The Bertz CT molecular complexity index is 499. The van der Waals surface area contributed by atoms with E-state index in [4.69, 9.17) is 5.11 Å². The summed E-state index contributed by atoms with van der Waals surface area (Å²) in [5, 5.41) is 8.98. The number of likely N-dealkylation sites (tertiary alicyclic amines) is 1. The van der Waals surface area contributed by atoms with Gasteiger partial charge >= 0.3 is 5.97 Å². The van der Waals surface area contributed by atoms with Crippen molar-refractivity contribution < 1.29 is 23.1 Å². The first kappa shape index (κ1) is 16.2. The highest BCUT2D eigenvalue weighted by Gasteiger charge is 2.34. The van der Waals surface area contributed by atoms with E-state index in [1.54, 1.807) is 4.90 Å². The SMILES string of the molecule is O=C(O)CN(CC(=O)N1CCCCC1)C1CCS(=O)(=O)C1. The van der Waals surface area contributed by atoms with Gasteiger partial charge in [-0.15, -0.1) is 0 Å². The van der Waals surface area contributed by atoms with Crippen molar-refractivity contribution in [1.82, 2.24) is 9.80 Å². The molecule has 120 valence electrons. The third-order valence-electron chi connectivity index (χ3n) is 4.11. The monoisotopic (exact) mass is 318 g/mol. The Kier molecular flexibility index (Phi) is 5.21. The van der Waals surface area contributed by atoms with Gasteiger partial charge in [-0.3, -0.25) is 14.5 Å². The summed E-state index contributed by atoms with van der Waals surface area (Å²) in [5.41, 5.74) is 0. The lowest BCUT2D eigenvalue weighted by molar-refractivity contribution is -0.140. The zero-order chi connectivity index (χ0) is 15.5. The molecule has 1 atom stereocenters. The summed E-state index contributed by atoms with van der Waals surface area (Å²) in [6.07, 6.45) is 3.47. The number of piperidine rings is 1. The summed E-state index contributed by atoms with van der Waals surface area (Å²) in [6, 6.07) is -0.361. The largest absolute Gasteiger partial charge is 0.480 e. The van der Waals surface area contributed by atoms with Crippen LogP contribution in [0.15, 0.2) is 0 Å². The summed E-state index contributed by atoms with van der Waals surface area (Å²) in [4.78, 5) is 26.5. The molecule has 0 aromatic carbocycles. The number of carboxylic acids is 1. The number of nitrogens with zero attached hydrogens (tertiary/aromatic N) is 2. The van der Waals surface area contributed by atoms with E-state index in [0.717, 1.165) is 19.3 Å². The molecule has 2 fully saturated rings. The number of carboxylic acid groups (broad SMARTS) is 1. The molecule has 0 radical (unpaired) electrons. The van der Waals surface area contributed by atoms with Crippen LogP contribution in [0.1, 0.15) is 25.7 Å². The van der Waals surface area contributed by atoms with Gasteiger partial charge in [0.25, 0.3) is 0 Å². The molecule has 8 heteroatoms. The minimum absolute atomic E-state index is 0.00745. The van der Waals surface area contributed by atoms with Crippen LogP contribution in [0.2, 0.25) is 0 Å². The number of carbonyl (C=O) groups excluding carboxylic acids is 1. The molecule has 2 saturated heterocycles. The molecule has 1 N–H and O–H groups in total. The van der Waals surface area contributed by atoms with E-state index < -0.39 is 15.8 Å².